The lowest BCUT2D eigenvalue weighted by molar-refractivity contribution is 0.396. The predicted octanol–water partition coefficient (Wildman–Crippen LogP) is 1.91. The maximum Gasteiger partial charge on any atom is 0.213 e. The van der Waals surface area contributed by atoms with Crippen LogP contribution in [-0.2, 0) is 6.42 Å². The third-order valence-corrected chi connectivity index (χ3v) is 1.77. The van der Waals surface area contributed by atoms with Crippen LogP contribution in [0.2, 0.25) is 0 Å². The number of ether oxygens (including phenoxy) is 1. The summed E-state index contributed by atoms with van der Waals surface area (Å²) in [5.41, 5.74) is 1.46. The summed E-state index contributed by atoms with van der Waals surface area (Å²) in [7, 11) is 1.57. The summed E-state index contributed by atoms with van der Waals surface area (Å²) >= 11 is 0. The zero-order chi connectivity index (χ0) is 9.68. The van der Waals surface area contributed by atoms with E-state index < -0.39 is 0 Å². The van der Waals surface area contributed by atoms with Gasteiger partial charge in [0.25, 0.3) is 0 Å². The molecule has 0 aliphatic rings. The highest BCUT2D eigenvalue weighted by Crippen LogP contribution is 2.13. The Hall–Kier alpha value is -1.56. The number of nitriles is 1. The van der Waals surface area contributed by atoms with Gasteiger partial charge < -0.3 is 4.74 Å². The van der Waals surface area contributed by atoms with Gasteiger partial charge in [-0.3, -0.25) is 0 Å². The van der Waals surface area contributed by atoms with Crippen molar-refractivity contribution in [3.8, 4) is 11.9 Å². The van der Waals surface area contributed by atoms with Crippen LogP contribution >= 0.6 is 0 Å². The first kappa shape index (κ1) is 9.53. The second kappa shape index (κ2) is 4.46. The minimum atomic E-state index is 0.572. The molecule has 0 bridgehead atoms. The Morgan fingerprint density at radius 2 is 2.31 bits per heavy atom. The maximum atomic E-state index is 8.78. The topological polar surface area (TPSA) is 45.9 Å². The number of hydrogen-bond acceptors (Lipinski definition) is 3. The van der Waals surface area contributed by atoms with Gasteiger partial charge in [0, 0.05) is 6.07 Å². The van der Waals surface area contributed by atoms with Gasteiger partial charge in [-0.05, 0) is 12.5 Å². The fourth-order valence-corrected chi connectivity index (χ4v) is 1.12. The standard InChI is InChI=1S/C10H12N2O/c1-3-4-9-8(7-11)5-6-10(12-9)13-2/h5-6H,3-4H2,1-2H3. The Morgan fingerprint density at radius 1 is 1.54 bits per heavy atom. The fraction of sp³-hybridized carbons (Fsp3) is 0.400. The largest absolute Gasteiger partial charge is 0.481 e. The molecule has 0 unspecified atom stereocenters. The molecule has 0 spiro atoms. The van der Waals surface area contributed by atoms with E-state index in [-0.39, 0.29) is 0 Å². The van der Waals surface area contributed by atoms with Crippen LogP contribution < -0.4 is 4.74 Å². The zero-order valence-electron chi connectivity index (χ0n) is 7.87. The molecule has 0 aliphatic carbocycles. The lowest BCUT2D eigenvalue weighted by Gasteiger charge is -2.03. The predicted molar refractivity (Wildman–Crippen MR) is 49.5 cm³/mol. The minimum Gasteiger partial charge on any atom is -0.481 e. The molecule has 0 amide bonds. The Kier molecular flexibility index (Phi) is 3.27. The molecule has 1 aromatic heterocycles. The second-order valence-electron chi connectivity index (χ2n) is 2.71. The fourth-order valence-electron chi connectivity index (χ4n) is 1.12. The first-order valence-corrected chi connectivity index (χ1v) is 4.25. The van der Waals surface area contributed by atoms with Gasteiger partial charge in [0.2, 0.25) is 5.88 Å². The molecule has 1 heterocycles. The summed E-state index contributed by atoms with van der Waals surface area (Å²) in [6, 6.07) is 5.57. The van der Waals surface area contributed by atoms with Crippen molar-refractivity contribution in [3.05, 3.63) is 23.4 Å². The number of nitrogens with zero attached hydrogens (tertiary/aromatic N) is 2. The molecule has 3 nitrogen and oxygen atoms in total. The van der Waals surface area contributed by atoms with Crippen LogP contribution in [0, 0.1) is 11.3 Å². The Balaban J connectivity index is 3.04. The van der Waals surface area contributed by atoms with Gasteiger partial charge in [0.15, 0.2) is 0 Å². The lowest BCUT2D eigenvalue weighted by atomic mass is 10.1. The van der Waals surface area contributed by atoms with Crippen molar-refractivity contribution in [2.45, 2.75) is 19.8 Å². The SMILES string of the molecule is CCCc1nc(OC)ccc1C#N. The number of pyridine rings is 1. The summed E-state index contributed by atoms with van der Waals surface area (Å²) in [5, 5.41) is 8.78. The minimum absolute atomic E-state index is 0.572. The van der Waals surface area contributed by atoms with Crippen LogP contribution in [-0.4, -0.2) is 12.1 Å². The Morgan fingerprint density at radius 3 is 2.85 bits per heavy atom. The second-order valence-corrected chi connectivity index (χ2v) is 2.71. The molecule has 0 radical (unpaired) electrons. The van der Waals surface area contributed by atoms with Gasteiger partial charge >= 0.3 is 0 Å². The molecule has 0 saturated carbocycles. The molecular formula is C10H12N2O. The summed E-state index contributed by atoms with van der Waals surface area (Å²) < 4.78 is 4.98. The van der Waals surface area contributed by atoms with Crippen molar-refractivity contribution in [1.29, 1.82) is 5.26 Å². The van der Waals surface area contributed by atoms with Crippen LogP contribution in [0.4, 0.5) is 0 Å². The van der Waals surface area contributed by atoms with E-state index in [1.165, 1.54) is 0 Å². The maximum absolute atomic E-state index is 8.78. The number of rotatable bonds is 3. The molecule has 0 atom stereocenters. The molecule has 3 heteroatoms. The molecule has 1 rings (SSSR count). The van der Waals surface area contributed by atoms with Gasteiger partial charge in [-0.2, -0.15) is 5.26 Å². The average Bonchev–Trinajstić information content (AvgIpc) is 2.18. The van der Waals surface area contributed by atoms with E-state index >= 15 is 0 Å². The monoisotopic (exact) mass is 176 g/mol. The van der Waals surface area contributed by atoms with Crippen molar-refractivity contribution in [1.82, 2.24) is 4.98 Å². The quantitative estimate of drug-likeness (QED) is 0.706. The molecular weight excluding hydrogens is 164 g/mol. The van der Waals surface area contributed by atoms with Crippen LogP contribution in [0.15, 0.2) is 12.1 Å². The summed E-state index contributed by atoms with van der Waals surface area (Å²) in [4.78, 5) is 4.21. The van der Waals surface area contributed by atoms with Gasteiger partial charge in [-0.15, -0.1) is 0 Å². The van der Waals surface area contributed by atoms with Crippen LogP contribution in [0.1, 0.15) is 24.6 Å². The summed E-state index contributed by atoms with van der Waals surface area (Å²) in [6.45, 7) is 2.06. The molecule has 13 heavy (non-hydrogen) atoms. The smallest absolute Gasteiger partial charge is 0.213 e. The van der Waals surface area contributed by atoms with E-state index in [4.69, 9.17) is 10.00 Å². The number of aromatic nitrogens is 1. The first-order valence-electron chi connectivity index (χ1n) is 4.25. The molecule has 0 N–H and O–H groups in total. The summed E-state index contributed by atoms with van der Waals surface area (Å²) in [5.74, 6) is 0.572. The number of methoxy groups -OCH3 is 1. The van der Waals surface area contributed by atoms with Crippen molar-refractivity contribution < 1.29 is 4.74 Å². The Labute approximate surface area is 78.0 Å². The van der Waals surface area contributed by atoms with E-state index in [0.717, 1.165) is 18.5 Å². The number of aryl methyl sites for hydroxylation is 1. The van der Waals surface area contributed by atoms with Gasteiger partial charge in [0.05, 0.1) is 18.4 Å². The molecule has 1 aromatic rings. The number of hydrogen-bond donors (Lipinski definition) is 0. The Bertz CT molecular complexity index is 328. The first-order chi connectivity index (χ1) is 6.31. The van der Waals surface area contributed by atoms with E-state index in [9.17, 15) is 0 Å². The highest BCUT2D eigenvalue weighted by Gasteiger charge is 2.03. The van der Waals surface area contributed by atoms with Crippen molar-refractivity contribution in [3.63, 3.8) is 0 Å². The van der Waals surface area contributed by atoms with Gasteiger partial charge in [0.1, 0.15) is 6.07 Å². The van der Waals surface area contributed by atoms with Crippen LogP contribution in [0.5, 0.6) is 5.88 Å². The normalized spacial score (nSPS) is 9.31. The lowest BCUT2D eigenvalue weighted by Crippen LogP contribution is -1.97. The third-order valence-electron chi connectivity index (χ3n) is 1.77. The van der Waals surface area contributed by atoms with E-state index in [2.05, 4.69) is 18.0 Å². The highest BCUT2D eigenvalue weighted by molar-refractivity contribution is 5.35. The van der Waals surface area contributed by atoms with E-state index in [0.29, 0.717) is 11.4 Å². The van der Waals surface area contributed by atoms with E-state index in [1.807, 2.05) is 0 Å². The van der Waals surface area contributed by atoms with Crippen LogP contribution in [0.25, 0.3) is 0 Å². The third kappa shape index (κ3) is 2.19. The van der Waals surface area contributed by atoms with Crippen molar-refractivity contribution >= 4 is 0 Å². The van der Waals surface area contributed by atoms with Gasteiger partial charge in [-0.25, -0.2) is 4.98 Å². The molecule has 0 aromatic carbocycles. The van der Waals surface area contributed by atoms with E-state index in [1.54, 1.807) is 19.2 Å². The average molecular weight is 176 g/mol. The molecule has 68 valence electrons. The highest BCUT2D eigenvalue weighted by atomic mass is 16.5. The van der Waals surface area contributed by atoms with Crippen LogP contribution in [0.3, 0.4) is 0 Å². The zero-order valence-corrected chi connectivity index (χ0v) is 7.87. The molecule has 0 aliphatic heterocycles. The van der Waals surface area contributed by atoms with Crippen molar-refractivity contribution in [2.24, 2.45) is 0 Å². The van der Waals surface area contributed by atoms with Crippen molar-refractivity contribution in [2.75, 3.05) is 7.11 Å². The molecule has 0 saturated heterocycles. The summed E-state index contributed by atoms with van der Waals surface area (Å²) in [6.07, 6.45) is 1.80. The molecule has 0 fully saturated rings. The van der Waals surface area contributed by atoms with Gasteiger partial charge in [-0.1, -0.05) is 13.3 Å².